The van der Waals surface area contributed by atoms with Crippen LogP contribution in [0.3, 0.4) is 0 Å². The summed E-state index contributed by atoms with van der Waals surface area (Å²) in [6.07, 6.45) is 0. The van der Waals surface area contributed by atoms with Gasteiger partial charge >= 0.3 is 8.05 Å². The van der Waals surface area contributed by atoms with Crippen LogP contribution >= 0.6 is 11.6 Å². The molecule has 0 bridgehead atoms. The molecular weight excluding hydrogens is 162 g/mol. The highest BCUT2D eigenvalue weighted by Gasteiger charge is 2.01. The van der Waals surface area contributed by atoms with E-state index in [1.54, 1.807) is 18.2 Å². The largest absolute Gasteiger partial charge is 0.565 e. The normalized spacial score (nSPS) is 9.27. The summed E-state index contributed by atoms with van der Waals surface area (Å²) in [5, 5.41) is 0.586. The van der Waals surface area contributed by atoms with Crippen molar-refractivity contribution in [3.8, 4) is 11.5 Å². The van der Waals surface area contributed by atoms with Gasteiger partial charge in [0.2, 0.25) is 0 Å². The maximum Gasteiger partial charge on any atom is 0.374 e. The first-order chi connectivity index (χ1) is 5.27. The van der Waals surface area contributed by atoms with Crippen LogP contribution in [0, 0.1) is 0 Å². The van der Waals surface area contributed by atoms with E-state index in [0.29, 0.717) is 16.5 Å². The predicted molar refractivity (Wildman–Crippen MR) is 44.4 cm³/mol. The quantitative estimate of drug-likeness (QED) is 0.627. The van der Waals surface area contributed by atoms with E-state index in [9.17, 15) is 0 Å². The van der Waals surface area contributed by atoms with Gasteiger partial charge in [-0.05, 0) is 12.1 Å². The lowest BCUT2D eigenvalue weighted by Gasteiger charge is -2.06. The lowest BCUT2D eigenvalue weighted by atomic mass is 10.3. The number of halogens is 1. The summed E-state index contributed by atoms with van der Waals surface area (Å²) in [4.78, 5) is 0. The molecule has 0 saturated heterocycles. The molecule has 2 radical (unpaired) electrons. The first-order valence-corrected chi connectivity index (χ1v) is 3.36. The van der Waals surface area contributed by atoms with E-state index in [4.69, 9.17) is 24.4 Å². The Morgan fingerprint density at radius 1 is 1.36 bits per heavy atom. The molecule has 0 N–H and O–H groups in total. The van der Waals surface area contributed by atoms with Gasteiger partial charge in [0.05, 0.1) is 7.11 Å². The Morgan fingerprint density at radius 2 is 2.09 bits per heavy atom. The number of rotatable bonds is 2. The van der Waals surface area contributed by atoms with Crippen molar-refractivity contribution < 1.29 is 9.39 Å². The summed E-state index contributed by atoms with van der Waals surface area (Å²) in [7, 11) is 6.48. The molecule has 0 unspecified atom stereocenters. The van der Waals surface area contributed by atoms with Gasteiger partial charge in [0.1, 0.15) is 5.75 Å². The van der Waals surface area contributed by atoms with Crippen LogP contribution < -0.4 is 9.39 Å². The lowest BCUT2D eigenvalue weighted by Crippen LogP contribution is -1.90. The highest BCUT2D eigenvalue weighted by molar-refractivity contribution is 6.30. The van der Waals surface area contributed by atoms with Gasteiger partial charge in [-0.1, -0.05) is 11.6 Å². The van der Waals surface area contributed by atoms with Crippen LogP contribution in [0.4, 0.5) is 0 Å². The molecule has 0 saturated carbocycles. The van der Waals surface area contributed by atoms with E-state index < -0.39 is 0 Å². The molecule has 56 valence electrons. The van der Waals surface area contributed by atoms with Crippen molar-refractivity contribution in [3.63, 3.8) is 0 Å². The molecule has 0 spiro atoms. The van der Waals surface area contributed by atoms with Crippen LogP contribution in [-0.4, -0.2) is 15.2 Å². The summed E-state index contributed by atoms with van der Waals surface area (Å²) in [5.74, 6) is 0.997. The SMILES string of the molecule is [B]Oc1ccc(Cl)cc1OC. The topological polar surface area (TPSA) is 18.5 Å². The molecule has 0 aromatic heterocycles. The molecule has 1 aromatic rings. The van der Waals surface area contributed by atoms with E-state index in [1.165, 1.54) is 7.11 Å². The fourth-order valence-corrected chi connectivity index (χ4v) is 0.901. The molecule has 0 fully saturated rings. The van der Waals surface area contributed by atoms with Crippen molar-refractivity contribution in [2.24, 2.45) is 0 Å². The minimum atomic E-state index is 0.469. The zero-order valence-corrected chi connectivity index (χ0v) is 6.76. The predicted octanol–water partition coefficient (Wildman–Crippen LogP) is 1.81. The Kier molecular flexibility index (Phi) is 2.66. The molecule has 0 atom stereocenters. The third-order valence-corrected chi connectivity index (χ3v) is 1.49. The molecule has 0 amide bonds. The second-order valence-electron chi connectivity index (χ2n) is 1.91. The van der Waals surface area contributed by atoms with Crippen molar-refractivity contribution >= 4 is 19.7 Å². The molecule has 2 nitrogen and oxygen atoms in total. The maximum absolute atomic E-state index is 5.68. The van der Waals surface area contributed by atoms with Crippen molar-refractivity contribution in [2.75, 3.05) is 7.11 Å². The minimum Gasteiger partial charge on any atom is -0.565 e. The average molecular weight is 168 g/mol. The highest BCUT2D eigenvalue weighted by atomic mass is 35.5. The molecule has 0 heterocycles. The van der Waals surface area contributed by atoms with Gasteiger partial charge in [0.25, 0.3) is 0 Å². The van der Waals surface area contributed by atoms with Gasteiger partial charge < -0.3 is 9.39 Å². The van der Waals surface area contributed by atoms with E-state index in [-0.39, 0.29) is 0 Å². The van der Waals surface area contributed by atoms with Gasteiger partial charge in [-0.15, -0.1) is 0 Å². The Morgan fingerprint density at radius 3 is 2.64 bits per heavy atom. The average Bonchev–Trinajstić information content (AvgIpc) is 2.04. The van der Waals surface area contributed by atoms with Crippen molar-refractivity contribution in [3.05, 3.63) is 23.2 Å². The zero-order chi connectivity index (χ0) is 8.27. The van der Waals surface area contributed by atoms with E-state index in [0.717, 1.165) is 0 Å². The minimum absolute atomic E-state index is 0.469. The van der Waals surface area contributed by atoms with Gasteiger partial charge in [-0.25, -0.2) is 0 Å². The summed E-state index contributed by atoms with van der Waals surface area (Å²) in [5.41, 5.74) is 0. The fourth-order valence-electron chi connectivity index (χ4n) is 0.739. The first kappa shape index (κ1) is 8.27. The second-order valence-corrected chi connectivity index (χ2v) is 2.35. The number of ether oxygens (including phenoxy) is 1. The summed E-state index contributed by atoms with van der Waals surface area (Å²) in [6.45, 7) is 0. The van der Waals surface area contributed by atoms with Crippen molar-refractivity contribution in [2.45, 2.75) is 0 Å². The van der Waals surface area contributed by atoms with Crippen molar-refractivity contribution in [1.82, 2.24) is 0 Å². The van der Waals surface area contributed by atoms with Crippen molar-refractivity contribution in [1.29, 1.82) is 0 Å². The second kappa shape index (κ2) is 3.53. The van der Waals surface area contributed by atoms with E-state index in [2.05, 4.69) is 4.65 Å². The standard InChI is InChI=1S/C7H6BClO2/c1-10-7-4-5(9)2-3-6(7)11-8/h2-4H,1H3. The monoisotopic (exact) mass is 168 g/mol. The van der Waals surface area contributed by atoms with Crippen LogP contribution in [0.5, 0.6) is 11.5 Å². The molecule has 4 heteroatoms. The van der Waals surface area contributed by atoms with Gasteiger partial charge in [0.15, 0.2) is 5.75 Å². The number of methoxy groups -OCH3 is 1. The summed E-state index contributed by atoms with van der Waals surface area (Å²) < 4.78 is 9.44. The fraction of sp³-hybridized carbons (Fsp3) is 0.143. The van der Waals surface area contributed by atoms with Crippen LogP contribution in [0.25, 0.3) is 0 Å². The lowest BCUT2D eigenvalue weighted by molar-refractivity contribution is 0.397. The van der Waals surface area contributed by atoms with Gasteiger partial charge in [-0.2, -0.15) is 0 Å². The van der Waals surface area contributed by atoms with Gasteiger partial charge in [0, 0.05) is 11.1 Å². The van der Waals surface area contributed by atoms with Crippen LogP contribution in [0.2, 0.25) is 5.02 Å². The molecule has 11 heavy (non-hydrogen) atoms. The van der Waals surface area contributed by atoms with E-state index >= 15 is 0 Å². The Balaban J connectivity index is 3.06. The van der Waals surface area contributed by atoms with Crippen LogP contribution in [0.15, 0.2) is 18.2 Å². The Bertz CT molecular complexity index is 252. The molecule has 0 aliphatic carbocycles. The number of hydrogen-bond acceptors (Lipinski definition) is 2. The van der Waals surface area contributed by atoms with Crippen LogP contribution in [0.1, 0.15) is 0 Å². The Labute approximate surface area is 71.5 Å². The van der Waals surface area contributed by atoms with Gasteiger partial charge in [-0.3, -0.25) is 0 Å². The molecule has 0 aliphatic rings. The molecular formula is C7H6BClO2. The third-order valence-electron chi connectivity index (χ3n) is 1.25. The smallest absolute Gasteiger partial charge is 0.374 e. The highest BCUT2D eigenvalue weighted by Crippen LogP contribution is 2.29. The first-order valence-electron chi connectivity index (χ1n) is 2.98. The summed E-state index contributed by atoms with van der Waals surface area (Å²) >= 11 is 5.68. The number of benzene rings is 1. The maximum atomic E-state index is 5.68. The molecule has 0 aliphatic heterocycles. The summed E-state index contributed by atoms with van der Waals surface area (Å²) in [6, 6.07) is 4.94. The third kappa shape index (κ3) is 1.81. The van der Waals surface area contributed by atoms with E-state index in [1.807, 2.05) is 0 Å². The Hall–Kier alpha value is -0.825. The molecule has 1 aromatic carbocycles. The number of hydrogen-bond donors (Lipinski definition) is 0. The molecule has 1 rings (SSSR count). The van der Waals surface area contributed by atoms with Crippen LogP contribution in [-0.2, 0) is 0 Å². The zero-order valence-electron chi connectivity index (χ0n) is 6.00.